The Morgan fingerprint density at radius 1 is 0.667 bits per heavy atom. The van der Waals surface area contributed by atoms with Crippen LogP contribution in [0.1, 0.15) is 94.7 Å². The van der Waals surface area contributed by atoms with Crippen LogP contribution in [0.4, 0.5) is 0 Å². The molecule has 3 aromatic rings. The van der Waals surface area contributed by atoms with Crippen LogP contribution in [0.2, 0.25) is 0 Å². The molecule has 0 saturated heterocycles. The van der Waals surface area contributed by atoms with Gasteiger partial charge in [-0.1, -0.05) is 107 Å². The minimum absolute atomic E-state index is 0.272. The normalized spacial score (nSPS) is 12.7. The monoisotopic (exact) mass is 546 g/mol. The van der Waals surface area contributed by atoms with Gasteiger partial charge in [0, 0.05) is 22.3 Å². The van der Waals surface area contributed by atoms with Crippen LogP contribution in [0, 0.1) is 0 Å². The molecular formula is C35H46O3S. The molecule has 0 heterocycles. The highest BCUT2D eigenvalue weighted by Gasteiger charge is 2.13. The van der Waals surface area contributed by atoms with Crippen LogP contribution in [0.3, 0.4) is 0 Å². The topological polar surface area (TPSA) is 46.5 Å². The maximum Gasteiger partial charge on any atom is 0.119 e. The molecule has 210 valence electrons. The Morgan fingerprint density at radius 3 is 1.85 bits per heavy atom. The maximum absolute atomic E-state index is 12.0. The molecule has 3 aromatic carbocycles. The van der Waals surface area contributed by atoms with E-state index in [1.807, 2.05) is 18.2 Å². The fraction of sp³-hybridized carbons (Fsp3) is 0.429. The summed E-state index contributed by atoms with van der Waals surface area (Å²) in [6, 6.07) is 26.4. The van der Waals surface area contributed by atoms with Gasteiger partial charge in [0.25, 0.3) is 0 Å². The van der Waals surface area contributed by atoms with Crippen molar-refractivity contribution in [1.82, 2.24) is 0 Å². The summed E-state index contributed by atoms with van der Waals surface area (Å²) in [5.74, 6) is 2.92. The number of phenols is 1. The molecule has 0 fully saturated rings. The largest absolute Gasteiger partial charge is 0.508 e. The van der Waals surface area contributed by atoms with Gasteiger partial charge < -0.3 is 9.84 Å². The van der Waals surface area contributed by atoms with Crippen LogP contribution < -0.4 is 4.74 Å². The fourth-order valence-corrected chi connectivity index (χ4v) is 6.16. The van der Waals surface area contributed by atoms with Crippen molar-refractivity contribution in [2.24, 2.45) is 0 Å². The van der Waals surface area contributed by atoms with Crippen LogP contribution in [0.5, 0.6) is 11.5 Å². The van der Waals surface area contributed by atoms with Crippen LogP contribution in [0.25, 0.3) is 11.1 Å². The molecule has 1 unspecified atom stereocenters. The van der Waals surface area contributed by atoms with Gasteiger partial charge in [-0.25, -0.2) is 0 Å². The first kappa shape index (κ1) is 30.7. The van der Waals surface area contributed by atoms with E-state index in [2.05, 4.69) is 62.4 Å². The van der Waals surface area contributed by atoms with Crippen molar-refractivity contribution in [3.05, 3.63) is 95.6 Å². The van der Waals surface area contributed by atoms with Crippen molar-refractivity contribution in [2.75, 3.05) is 18.1 Å². The Labute approximate surface area is 238 Å². The van der Waals surface area contributed by atoms with E-state index in [0.29, 0.717) is 0 Å². The SMILES string of the molecule is CCCCCS(=O)CCCCCCCCOc1ccc(/C(=C(\CC)c2ccccc2)c2ccc(O)cc2)cc1. The van der Waals surface area contributed by atoms with Crippen molar-refractivity contribution in [3.8, 4) is 11.5 Å². The molecule has 3 nitrogen and oxygen atoms in total. The second kappa shape index (κ2) is 17.7. The van der Waals surface area contributed by atoms with Crippen LogP contribution >= 0.6 is 0 Å². The summed E-state index contributed by atoms with van der Waals surface area (Å²) in [6.45, 7) is 5.11. The number of benzene rings is 3. The molecule has 3 rings (SSSR count). The molecule has 0 amide bonds. The minimum Gasteiger partial charge on any atom is -0.508 e. The number of unbranched alkanes of at least 4 members (excludes halogenated alkanes) is 7. The quantitative estimate of drug-likeness (QED) is 0.128. The molecule has 0 saturated carbocycles. The molecule has 0 spiro atoms. The highest BCUT2D eigenvalue weighted by molar-refractivity contribution is 7.84. The Balaban J connectivity index is 1.49. The second-order valence-electron chi connectivity index (χ2n) is 10.2. The van der Waals surface area contributed by atoms with E-state index in [4.69, 9.17) is 4.74 Å². The lowest BCUT2D eigenvalue weighted by molar-refractivity contribution is 0.304. The molecule has 1 N–H and O–H groups in total. The number of aromatic hydroxyl groups is 1. The van der Waals surface area contributed by atoms with Gasteiger partial charge in [0.1, 0.15) is 11.5 Å². The molecule has 0 aliphatic carbocycles. The lowest BCUT2D eigenvalue weighted by Crippen LogP contribution is -2.02. The number of ether oxygens (including phenoxy) is 1. The summed E-state index contributed by atoms with van der Waals surface area (Å²) >= 11 is 0. The third-order valence-electron chi connectivity index (χ3n) is 7.09. The third-order valence-corrected chi connectivity index (χ3v) is 8.58. The highest BCUT2D eigenvalue weighted by Crippen LogP contribution is 2.35. The summed E-state index contributed by atoms with van der Waals surface area (Å²) in [7, 11) is -0.616. The number of allylic oxidation sites excluding steroid dienone is 1. The van der Waals surface area contributed by atoms with Gasteiger partial charge in [0.05, 0.1) is 6.61 Å². The summed E-state index contributed by atoms with van der Waals surface area (Å²) in [6.07, 6.45) is 11.3. The van der Waals surface area contributed by atoms with Crippen molar-refractivity contribution >= 4 is 21.9 Å². The first-order valence-electron chi connectivity index (χ1n) is 14.8. The van der Waals surface area contributed by atoms with Gasteiger partial charge in [-0.2, -0.15) is 0 Å². The number of hydrogen-bond acceptors (Lipinski definition) is 3. The van der Waals surface area contributed by atoms with Gasteiger partial charge in [0.15, 0.2) is 0 Å². The van der Waals surface area contributed by atoms with Crippen molar-refractivity contribution in [1.29, 1.82) is 0 Å². The van der Waals surface area contributed by atoms with E-state index < -0.39 is 10.8 Å². The zero-order valence-corrected chi connectivity index (χ0v) is 24.7. The minimum atomic E-state index is -0.616. The standard InChI is InChI=1S/C35H46O3S/c1-3-5-14-27-39(37)28-15-9-7-6-8-13-26-38-33-24-20-31(21-25-33)35(30-18-22-32(36)23-19-30)34(4-2)29-16-11-10-12-17-29/h10-12,16-25,36H,3-9,13-15,26-28H2,1-2H3/b35-34+. The first-order chi connectivity index (χ1) is 19.1. The number of rotatable bonds is 18. The molecule has 0 aliphatic heterocycles. The van der Waals surface area contributed by atoms with E-state index in [1.54, 1.807) is 12.1 Å². The molecule has 4 heteroatoms. The smallest absolute Gasteiger partial charge is 0.119 e. The lowest BCUT2D eigenvalue weighted by atomic mass is 9.88. The molecule has 0 bridgehead atoms. The van der Waals surface area contributed by atoms with Gasteiger partial charge in [-0.15, -0.1) is 0 Å². The molecule has 1 atom stereocenters. The van der Waals surface area contributed by atoms with Crippen LogP contribution in [-0.2, 0) is 10.8 Å². The second-order valence-corrected chi connectivity index (χ2v) is 11.9. The van der Waals surface area contributed by atoms with E-state index in [0.717, 1.165) is 60.7 Å². The zero-order valence-electron chi connectivity index (χ0n) is 23.9. The average Bonchev–Trinajstić information content (AvgIpc) is 2.96. The number of phenolic OH excluding ortho intramolecular Hbond substituents is 1. The Hall–Kier alpha value is -2.85. The average molecular weight is 547 g/mol. The first-order valence-corrected chi connectivity index (χ1v) is 16.3. The Bertz CT molecular complexity index is 1130. The predicted octanol–water partition coefficient (Wildman–Crippen LogP) is 9.42. The van der Waals surface area contributed by atoms with Crippen molar-refractivity contribution < 1.29 is 14.1 Å². The van der Waals surface area contributed by atoms with Gasteiger partial charge in [0.2, 0.25) is 0 Å². The number of hydrogen-bond donors (Lipinski definition) is 1. The molecule has 39 heavy (non-hydrogen) atoms. The summed E-state index contributed by atoms with van der Waals surface area (Å²) in [4.78, 5) is 0. The Kier molecular flexibility index (Phi) is 13.9. The lowest BCUT2D eigenvalue weighted by Gasteiger charge is -2.17. The summed E-state index contributed by atoms with van der Waals surface area (Å²) in [5, 5.41) is 9.84. The highest BCUT2D eigenvalue weighted by atomic mass is 32.2. The molecule has 0 radical (unpaired) electrons. The summed E-state index contributed by atoms with van der Waals surface area (Å²) in [5.41, 5.74) is 5.89. The molecular weight excluding hydrogens is 500 g/mol. The van der Waals surface area contributed by atoms with Crippen molar-refractivity contribution in [3.63, 3.8) is 0 Å². The van der Waals surface area contributed by atoms with E-state index >= 15 is 0 Å². The maximum atomic E-state index is 12.0. The van der Waals surface area contributed by atoms with Crippen molar-refractivity contribution in [2.45, 2.75) is 78.1 Å². The zero-order chi connectivity index (χ0) is 27.7. The van der Waals surface area contributed by atoms with E-state index in [-0.39, 0.29) is 5.75 Å². The van der Waals surface area contributed by atoms with Gasteiger partial charge in [-0.3, -0.25) is 4.21 Å². The van der Waals surface area contributed by atoms with Gasteiger partial charge in [-0.05, 0) is 77.8 Å². The van der Waals surface area contributed by atoms with Gasteiger partial charge >= 0.3 is 0 Å². The molecule has 0 aromatic heterocycles. The van der Waals surface area contributed by atoms with Crippen LogP contribution in [-0.4, -0.2) is 27.4 Å². The van der Waals surface area contributed by atoms with E-state index in [1.165, 1.54) is 55.2 Å². The van der Waals surface area contributed by atoms with E-state index in [9.17, 15) is 9.32 Å². The van der Waals surface area contributed by atoms with Crippen LogP contribution in [0.15, 0.2) is 78.9 Å². The molecule has 0 aliphatic rings. The summed E-state index contributed by atoms with van der Waals surface area (Å²) < 4.78 is 18.0. The Morgan fingerprint density at radius 2 is 1.23 bits per heavy atom. The third kappa shape index (κ3) is 10.7. The predicted molar refractivity (Wildman–Crippen MR) is 168 cm³/mol. The fourth-order valence-electron chi connectivity index (χ4n) is 4.90.